The summed E-state index contributed by atoms with van der Waals surface area (Å²) in [7, 11) is 0. The van der Waals surface area contributed by atoms with Crippen molar-refractivity contribution >= 4 is 29.1 Å². The molecule has 0 heterocycles. The molecule has 0 saturated carbocycles. The van der Waals surface area contributed by atoms with E-state index in [1.165, 1.54) is 0 Å². The van der Waals surface area contributed by atoms with E-state index in [-0.39, 0.29) is 10.9 Å². The molecule has 0 aliphatic carbocycles. The molecular formula is C14H11Cl2NO. The van der Waals surface area contributed by atoms with Crippen molar-refractivity contribution in [3.05, 3.63) is 69.7 Å². The first-order valence-corrected chi connectivity index (χ1v) is 6.20. The molecule has 0 radical (unpaired) electrons. The van der Waals surface area contributed by atoms with Gasteiger partial charge < -0.3 is 5.32 Å². The van der Waals surface area contributed by atoms with Gasteiger partial charge in [-0.15, -0.1) is 0 Å². The number of carbonyl (C=O) groups excluding carboxylic acids is 1. The molecule has 4 heteroatoms. The Balaban J connectivity index is 2.07. The number of rotatable bonds is 3. The molecule has 2 aromatic rings. The Morgan fingerprint density at radius 1 is 1.00 bits per heavy atom. The number of hydrogen-bond donors (Lipinski definition) is 1. The summed E-state index contributed by atoms with van der Waals surface area (Å²) < 4.78 is 0. The Morgan fingerprint density at radius 2 is 1.72 bits per heavy atom. The van der Waals surface area contributed by atoms with E-state index in [0.29, 0.717) is 17.1 Å². The monoisotopic (exact) mass is 279 g/mol. The second-order valence-electron chi connectivity index (χ2n) is 3.77. The first-order chi connectivity index (χ1) is 8.68. The number of carbonyl (C=O) groups is 1. The first-order valence-electron chi connectivity index (χ1n) is 5.44. The number of nitrogens with one attached hydrogen (secondary N) is 1. The first kappa shape index (κ1) is 12.9. The highest BCUT2D eigenvalue weighted by molar-refractivity contribution is 6.43. The zero-order chi connectivity index (χ0) is 13.0. The van der Waals surface area contributed by atoms with Crippen LogP contribution < -0.4 is 5.32 Å². The molecule has 0 bridgehead atoms. The average Bonchev–Trinajstić information content (AvgIpc) is 2.40. The Bertz CT molecular complexity index is 555. The smallest absolute Gasteiger partial charge is 0.253 e. The van der Waals surface area contributed by atoms with Crippen molar-refractivity contribution in [2.75, 3.05) is 0 Å². The van der Waals surface area contributed by atoms with Crippen molar-refractivity contribution in [1.29, 1.82) is 0 Å². The van der Waals surface area contributed by atoms with Crippen LogP contribution in [0.1, 0.15) is 15.9 Å². The minimum atomic E-state index is -0.230. The zero-order valence-corrected chi connectivity index (χ0v) is 11.0. The molecule has 0 saturated heterocycles. The fourth-order valence-electron chi connectivity index (χ4n) is 1.55. The van der Waals surface area contributed by atoms with E-state index in [1.807, 2.05) is 30.3 Å². The van der Waals surface area contributed by atoms with Gasteiger partial charge in [0.1, 0.15) is 0 Å². The summed E-state index contributed by atoms with van der Waals surface area (Å²) in [5.74, 6) is -0.230. The van der Waals surface area contributed by atoms with Gasteiger partial charge in [-0.05, 0) is 17.7 Å². The summed E-state index contributed by atoms with van der Waals surface area (Å²) in [6.07, 6.45) is 0. The summed E-state index contributed by atoms with van der Waals surface area (Å²) in [6.45, 7) is 0.461. The SMILES string of the molecule is O=C(NCc1ccccc1)c1cccc(Cl)c1Cl. The molecule has 1 N–H and O–H groups in total. The predicted octanol–water partition coefficient (Wildman–Crippen LogP) is 3.92. The van der Waals surface area contributed by atoms with Crippen LogP contribution in [0.5, 0.6) is 0 Å². The highest BCUT2D eigenvalue weighted by Crippen LogP contribution is 2.25. The molecule has 2 aromatic carbocycles. The molecule has 0 unspecified atom stereocenters. The quantitative estimate of drug-likeness (QED) is 0.907. The Morgan fingerprint density at radius 3 is 2.44 bits per heavy atom. The largest absolute Gasteiger partial charge is 0.348 e. The van der Waals surface area contributed by atoms with Crippen molar-refractivity contribution in [3.63, 3.8) is 0 Å². The van der Waals surface area contributed by atoms with Crippen LogP contribution in [0.4, 0.5) is 0 Å². The number of amides is 1. The van der Waals surface area contributed by atoms with E-state index < -0.39 is 0 Å². The predicted molar refractivity (Wildman–Crippen MR) is 74.1 cm³/mol. The van der Waals surface area contributed by atoms with Crippen molar-refractivity contribution < 1.29 is 4.79 Å². The van der Waals surface area contributed by atoms with Gasteiger partial charge in [0.15, 0.2) is 0 Å². The molecule has 0 aliphatic rings. The summed E-state index contributed by atoms with van der Waals surface area (Å²) in [5, 5.41) is 3.46. The third-order valence-corrected chi connectivity index (χ3v) is 3.31. The minimum absolute atomic E-state index is 0.230. The third-order valence-electron chi connectivity index (χ3n) is 2.49. The molecule has 2 rings (SSSR count). The lowest BCUT2D eigenvalue weighted by molar-refractivity contribution is 0.0951. The molecule has 0 spiro atoms. The van der Waals surface area contributed by atoms with Gasteiger partial charge in [-0.1, -0.05) is 59.6 Å². The van der Waals surface area contributed by atoms with Gasteiger partial charge in [0.05, 0.1) is 15.6 Å². The van der Waals surface area contributed by atoms with Crippen molar-refractivity contribution in [2.45, 2.75) is 6.54 Å². The maximum Gasteiger partial charge on any atom is 0.253 e. The fourth-order valence-corrected chi connectivity index (χ4v) is 1.94. The van der Waals surface area contributed by atoms with Gasteiger partial charge in [-0.2, -0.15) is 0 Å². The molecule has 0 fully saturated rings. The number of hydrogen-bond acceptors (Lipinski definition) is 1. The van der Waals surface area contributed by atoms with Crippen molar-refractivity contribution in [3.8, 4) is 0 Å². The molecule has 2 nitrogen and oxygen atoms in total. The summed E-state index contributed by atoms with van der Waals surface area (Å²) in [4.78, 5) is 11.9. The van der Waals surface area contributed by atoms with Gasteiger partial charge in [0, 0.05) is 6.54 Å². The molecule has 18 heavy (non-hydrogen) atoms. The van der Waals surface area contributed by atoms with Crippen LogP contribution in [-0.4, -0.2) is 5.91 Å². The Hall–Kier alpha value is -1.51. The van der Waals surface area contributed by atoms with Crippen molar-refractivity contribution in [1.82, 2.24) is 5.32 Å². The minimum Gasteiger partial charge on any atom is -0.348 e. The molecule has 1 amide bonds. The Labute approximate surface area is 116 Å². The van der Waals surface area contributed by atoms with Gasteiger partial charge in [-0.3, -0.25) is 4.79 Å². The van der Waals surface area contributed by atoms with Gasteiger partial charge in [0.25, 0.3) is 5.91 Å². The van der Waals surface area contributed by atoms with Gasteiger partial charge >= 0.3 is 0 Å². The van der Waals surface area contributed by atoms with Crippen molar-refractivity contribution in [2.24, 2.45) is 0 Å². The van der Waals surface area contributed by atoms with Gasteiger partial charge in [0.2, 0.25) is 0 Å². The van der Waals surface area contributed by atoms with Crippen LogP contribution in [0.2, 0.25) is 10.0 Å². The lowest BCUT2D eigenvalue weighted by atomic mass is 10.2. The highest BCUT2D eigenvalue weighted by Gasteiger charge is 2.11. The molecular weight excluding hydrogens is 269 g/mol. The summed E-state index contributed by atoms with van der Waals surface area (Å²) in [6, 6.07) is 14.7. The number of halogens is 2. The second-order valence-corrected chi connectivity index (χ2v) is 4.55. The Kier molecular flexibility index (Phi) is 4.24. The standard InChI is InChI=1S/C14H11Cl2NO/c15-12-8-4-7-11(13(12)16)14(18)17-9-10-5-2-1-3-6-10/h1-8H,9H2,(H,17,18). The van der Waals surface area contributed by atoms with Gasteiger partial charge in [-0.25, -0.2) is 0 Å². The van der Waals surface area contributed by atoms with E-state index in [2.05, 4.69) is 5.32 Å². The van der Waals surface area contributed by atoms with E-state index in [4.69, 9.17) is 23.2 Å². The molecule has 0 aromatic heterocycles. The third kappa shape index (κ3) is 3.03. The van der Waals surface area contributed by atoms with Crippen LogP contribution in [-0.2, 0) is 6.54 Å². The van der Waals surface area contributed by atoms with E-state index >= 15 is 0 Å². The lowest BCUT2D eigenvalue weighted by Crippen LogP contribution is -2.23. The second kappa shape index (κ2) is 5.89. The maximum absolute atomic E-state index is 11.9. The van der Waals surface area contributed by atoms with Crippen LogP contribution in [0.3, 0.4) is 0 Å². The molecule has 0 aliphatic heterocycles. The lowest BCUT2D eigenvalue weighted by Gasteiger charge is -2.07. The van der Waals surface area contributed by atoms with Crippen LogP contribution in [0, 0.1) is 0 Å². The van der Waals surface area contributed by atoms with Crippen LogP contribution in [0.15, 0.2) is 48.5 Å². The highest BCUT2D eigenvalue weighted by atomic mass is 35.5. The number of benzene rings is 2. The normalized spacial score (nSPS) is 10.1. The van der Waals surface area contributed by atoms with E-state index in [0.717, 1.165) is 5.56 Å². The van der Waals surface area contributed by atoms with Crippen LogP contribution in [0.25, 0.3) is 0 Å². The fraction of sp³-hybridized carbons (Fsp3) is 0.0714. The zero-order valence-electron chi connectivity index (χ0n) is 9.49. The van der Waals surface area contributed by atoms with E-state index in [9.17, 15) is 4.79 Å². The topological polar surface area (TPSA) is 29.1 Å². The summed E-state index contributed by atoms with van der Waals surface area (Å²) in [5.41, 5.74) is 1.42. The summed E-state index contributed by atoms with van der Waals surface area (Å²) >= 11 is 11.8. The van der Waals surface area contributed by atoms with Crippen LogP contribution >= 0.6 is 23.2 Å². The molecule has 92 valence electrons. The molecule has 0 atom stereocenters. The maximum atomic E-state index is 11.9. The average molecular weight is 280 g/mol. The van der Waals surface area contributed by atoms with E-state index in [1.54, 1.807) is 18.2 Å².